The Morgan fingerprint density at radius 3 is 2.41 bits per heavy atom. The van der Waals surface area contributed by atoms with Gasteiger partial charge in [-0.2, -0.15) is 0 Å². The lowest BCUT2D eigenvalue weighted by Gasteiger charge is -2.34. The molecule has 1 atom stereocenters. The number of ether oxygens (including phenoxy) is 1. The van der Waals surface area contributed by atoms with E-state index in [0.29, 0.717) is 6.04 Å². The summed E-state index contributed by atoms with van der Waals surface area (Å²) in [6, 6.07) is 0.466. The van der Waals surface area contributed by atoms with Crippen LogP contribution in [-0.2, 0) is 4.74 Å². The standard InChI is InChI=1S/C14H30N2O/c1-12(2)14-5-8-16(9-6-14)10-7-15-13(3)11-17-4/h12-15H,5-11H2,1-4H3. The van der Waals surface area contributed by atoms with E-state index >= 15 is 0 Å². The van der Waals surface area contributed by atoms with Gasteiger partial charge in [0.2, 0.25) is 0 Å². The molecule has 1 rings (SSSR count). The zero-order valence-electron chi connectivity index (χ0n) is 12.0. The number of likely N-dealkylation sites (tertiary alicyclic amines) is 1. The third kappa shape index (κ3) is 5.84. The molecule has 1 unspecified atom stereocenters. The lowest BCUT2D eigenvalue weighted by Crippen LogP contribution is -2.41. The van der Waals surface area contributed by atoms with Gasteiger partial charge in [0, 0.05) is 26.2 Å². The number of nitrogens with zero attached hydrogens (tertiary/aromatic N) is 1. The molecular formula is C14H30N2O. The van der Waals surface area contributed by atoms with Crippen LogP contribution in [-0.4, -0.2) is 50.8 Å². The molecule has 3 nitrogen and oxygen atoms in total. The topological polar surface area (TPSA) is 24.5 Å². The second-order valence-corrected chi connectivity index (χ2v) is 5.73. The summed E-state index contributed by atoms with van der Waals surface area (Å²) in [5, 5.41) is 3.50. The summed E-state index contributed by atoms with van der Waals surface area (Å²) in [7, 11) is 1.76. The van der Waals surface area contributed by atoms with Gasteiger partial charge in [-0.15, -0.1) is 0 Å². The van der Waals surface area contributed by atoms with Crippen molar-refractivity contribution in [3.8, 4) is 0 Å². The lowest BCUT2D eigenvalue weighted by molar-refractivity contribution is 0.148. The van der Waals surface area contributed by atoms with Crippen LogP contribution in [0, 0.1) is 11.8 Å². The normalized spacial score (nSPS) is 21.0. The van der Waals surface area contributed by atoms with Crippen LogP contribution >= 0.6 is 0 Å². The molecule has 1 heterocycles. The van der Waals surface area contributed by atoms with Crippen LogP contribution in [0.2, 0.25) is 0 Å². The summed E-state index contributed by atoms with van der Waals surface area (Å²) < 4.78 is 5.11. The van der Waals surface area contributed by atoms with E-state index in [-0.39, 0.29) is 0 Å². The van der Waals surface area contributed by atoms with E-state index in [0.717, 1.165) is 25.0 Å². The zero-order valence-corrected chi connectivity index (χ0v) is 12.0. The van der Waals surface area contributed by atoms with Crippen molar-refractivity contribution in [2.75, 3.05) is 39.9 Å². The summed E-state index contributed by atoms with van der Waals surface area (Å²) >= 11 is 0. The molecule has 1 aliphatic heterocycles. The molecule has 0 aromatic heterocycles. The number of methoxy groups -OCH3 is 1. The maximum absolute atomic E-state index is 5.11. The number of hydrogen-bond donors (Lipinski definition) is 1. The van der Waals surface area contributed by atoms with Gasteiger partial charge in [-0.3, -0.25) is 0 Å². The number of rotatable bonds is 7. The maximum atomic E-state index is 5.11. The molecule has 0 aromatic rings. The zero-order chi connectivity index (χ0) is 12.7. The van der Waals surface area contributed by atoms with Crippen molar-refractivity contribution >= 4 is 0 Å². The van der Waals surface area contributed by atoms with Gasteiger partial charge in [-0.1, -0.05) is 13.8 Å². The highest BCUT2D eigenvalue weighted by Crippen LogP contribution is 2.23. The fourth-order valence-electron chi connectivity index (χ4n) is 2.62. The first-order valence-corrected chi connectivity index (χ1v) is 7.08. The molecule has 0 amide bonds. The second-order valence-electron chi connectivity index (χ2n) is 5.73. The Morgan fingerprint density at radius 2 is 1.88 bits per heavy atom. The van der Waals surface area contributed by atoms with Gasteiger partial charge >= 0.3 is 0 Å². The first-order valence-electron chi connectivity index (χ1n) is 7.08. The fraction of sp³-hybridized carbons (Fsp3) is 1.00. The monoisotopic (exact) mass is 242 g/mol. The Hall–Kier alpha value is -0.120. The molecule has 3 heteroatoms. The van der Waals surface area contributed by atoms with E-state index in [9.17, 15) is 0 Å². The molecule has 1 N–H and O–H groups in total. The van der Waals surface area contributed by atoms with Crippen molar-refractivity contribution in [3.63, 3.8) is 0 Å². The van der Waals surface area contributed by atoms with Crippen LogP contribution in [0.5, 0.6) is 0 Å². The predicted molar refractivity (Wildman–Crippen MR) is 73.3 cm³/mol. The quantitative estimate of drug-likeness (QED) is 0.739. The predicted octanol–water partition coefficient (Wildman–Crippen LogP) is 1.98. The van der Waals surface area contributed by atoms with Gasteiger partial charge in [0.1, 0.15) is 0 Å². The molecule has 1 fully saturated rings. The van der Waals surface area contributed by atoms with Crippen LogP contribution in [0.25, 0.3) is 0 Å². The minimum atomic E-state index is 0.466. The van der Waals surface area contributed by atoms with E-state index in [2.05, 4.69) is 31.0 Å². The van der Waals surface area contributed by atoms with Crippen molar-refractivity contribution in [1.29, 1.82) is 0 Å². The van der Waals surface area contributed by atoms with Gasteiger partial charge in [-0.05, 0) is 44.7 Å². The molecular weight excluding hydrogens is 212 g/mol. The molecule has 1 aliphatic rings. The average Bonchev–Trinajstić information content (AvgIpc) is 2.30. The van der Waals surface area contributed by atoms with Crippen LogP contribution in [0.3, 0.4) is 0 Å². The van der Waals surface area contributed by atoms with E-state index in [1.165, 1.54) is 32.5 Å². The SMILES string of the molecule is COCC(C)NCCN1CCC(C(C)C)CC1. The maximum Gasteiger partial charge on any atom is 0.0613 e. The van der Waals surface area contributed by atoms with E-state index in [1.807, 2.05) is 0 Å². The molecule has 0 aliphatic carbocycles. The van der Waals surface area contributed by atoms with Crippen molar-refractivity contribution in [2.45, 2.75) is 39.7 Å². The van der Waals surface area contributed by atoms with E-state index in [1.54, 1.807) is 7.11 Å². The second kappa shape index (κ2) is 8.06. The van der Waals surface area contributed by atoms with Gasteiger partial charge in [-0.25, -0.2) is 0 Å². The average molecular weight is 242 g/mol. The molecule has 0 saturated carbocycles. The van der Waals surface area contributed by atoms with E-state index in [4.69, 9.17) is 4.74 Å². The third-order valence-electron chi connectivity index (χ3n) is 3.91. The largest absolute Gasteiger partial charge is 0.383 e. The molecule has 17 heavy (non-hydrogen) atoms. The van der Waals surface area contributed by atoms with Gasteiger partial charge in [0.15, 0.2) is 0 Å². The van der Waals surface area contributed by atoms with Crippen LogP contribution in [0.15, 0.2) is 0 Å². The molecule has 0 spiro atoms. The molecule has 0 aromatic carbocycles. The summed E-state index contributed by atoms with van der Waals surface area (Å²) in [4.78, 5) is 2.59. The Morgan fingerprint density at radius 1 is 1.24 bits per heavy atom. The smallest absolute Gasteiger partial charge is 0.0613 e. The van der Waals surface area contributed by atoms with E-state index < -0.39 is 0 Å². The van der Waals surface area contributed by atoms with Gasteiger partial charge in [0.25, 0.3) is 0 Å². The molecule has 0 radical (unpaired) electrons. The summed E-state index contributed by atoms with van der Waals surface area (Å²) in [6.07, 6.45) is 2.76. The summed E-state index contributed by atoms with van der Waals surface area (Å²) in [5.41, 5.74) is 0. The highest BCUT2D eigenvalue weighted by molar-refractivity contribution is 4.75. The molecule has 1 saturated heterocycles. The summed E-state index contributed by atoms with van der Waals surface area (Å²) in [5.74, 6) is 1.81. The summed E-state index contributed by atoms with van der Waals surface area (Å²) in [6.45, 7) is 12.5. The highest BCUT2D eigenvalue weighted by atomic mass is 16.5. The van der Waals surface area contributed by atoms with Crippen molar-refractivity contribution in [2.24, 2.45) is 11.8 Å². The minimum absolute atomic E-state index is 0.466. The lowest BCUT2D eigenvalue weighted by atomic mass is 9.87. The Balaban J connectivity index is 2.06. The van der Waals surface area contributed by atoms with Crippen LogP contribution in [0.1, 0.15) is 33.6 Å². The van der Waals surface area contributed by atoms with Crippen LogP contribution in [0.4, 0.5) is 0 Å². The highest BCUT2D eigenvalue weighted by Gasteiger charge is 2.20. The third-order valence-corrected chi connectivity index (χ3v) is 3.91. The molecule has 0 bridgehead atoms. The fourth-order valence-corrected chi connectivity index (χ4v) is 2.62. The first kappa shape index (κ1) is 14.9. The number of nitrogens with one attached hydrogen (secondary N) is 1. The first-order chi connectivity index (χ1) is 8.13. The van der Waals surface area contributed by atoms with Gasteiger partial charge < -0.3 is 15.0 Å². The van der Waals surface area contributed by atoms with Gasteiger partial charge in [0.05, 0.1) is 6.61 Å². The molecule has 102 valence electrons. The minimum Gasteiger partial charge on any atom is -0.383 e. The van der Waals surface area contributed by atoms with Crippen LogP contribution < -0.4 is 5.32 Å². The van der Waals surface area contributed by atoms with Crippen molar-refractivity contribution < 1.29 is 4.74 Å². The number of hydrogen-bond acceptors (Lipinski definition) is 3. The Labute approximate surface area is 107 Å². The Kier molecular flexibility index (Phi) is 7.09. The number of piperidine rings is 1. The Bertz CT molecular complexity index is 189. The van der Waals surface area contributed by atoms with Crippen molar-refractivity contribution in [1.82, 2.24) is 10.2 Å². The van der Waals surface area contributed by atoms with Crippen molar-refractivity contribution in [3.05, 3.63) is 0 Å².